The molecule has 4 heteroatoms. The van der Waals surface area contributed by atoms with Gasteiger partial charge in [-0.2, -0.15) is 0 Å². The molecule has 1 heterocycles. The van der Waals surface area contributed by atoms with Crippen LogP contribution in [0.15, 0.2) is 18.3 Å². The third kappa shape index (κ3) is 2.97. The average molecular weight is 192 g/mol. The van der Waals surface area contributed by atoms with Gasteiger partial charge in [0.15, 0.2) is 5.78 Å². The molecule has 0 saturated carbocycles. The summed E-state index contributed by atoms with van der Waals surface area (Å²) in [6.45, 7) is 1.46. The molecule has 0 aromatic carbocycles. The quantitative estimate of drug-likeness (QED) is 0.714. The Hall–Kier alpha value is -1.71. The van der Waals surface area contributed by atoms with Crippen molar-refractivity contribution < 1.29 is 9.59 Å². The van der Waals surface area contributed by atoms with Crippen LogP contribution in [-0.4, -0.2) is 16.7 Å². The first kappa shape index (κ1) is 10.4. The van der Waals surface area contributed by atoms with Crippen molar-refractivity contribution in [3.05, 3.63) is 29.6 Å². The van der Waals surface area contributed by atoms with Crippen LogP contribution in [0.25, 0.3) is 0 Å². The van der Waals surface area contributed by atoms with Crippen molar-refractivity contribution in [1.82, 2.24) is 4.98 Å². The molecule has 0 radical (unpaired) electrons. The Morgan fingerprint density at radius 1 is 1.50 bits per heavy atom. The molecule has 0 aliphatic carbocycles. The fourth-order valence-corrected chi connectivity index (χ4v) is 1.09. The van der Waals surface area contributed by atoms with E-state index in [0.29, 0.717) is 18.5 Å². The first-order valence-corrected chi connectivity index (χ1v) is 4.34. The first-order chi connectivity index (χ1) is 6.59. The molecule has 1 rings (SSSR count). The minimum absolute atomic E-state index is 0.0778. The first-order valence-electron chi connectivity index (χ1n) is 4.34. The van der Waals surface area contributed by atoms with E-state index in [0.717, 1.165) is 5.56 Å². The van der Waals surface area contributed by atoms with Crippen molar-refractivity contribution in [3.8, 4) is 0 Å². The molecule has 14 heavy (non-hydrogen) atoms. The van der Waals surface area contributed by atoms with Gasteiger partial charge in [0.2, 0.25) is 5.91 Å². The monoisotopic (exact) mass is 192 g/mol. The second-order valence-electron chi connectivity index (χ2n) is 3.07. The molecule has 1 aromatic heterocycles. The maximum absolute atomic E-state index is 11.0. The Morgan fingerprint density at radius 2 is 2.21 bits per heavy atom. The lowest BCUT2D eigenvalue weighted by Crippen LogP contribution is -2.11. The maximum Gasteiger partial charge on any atom is 0.217 e. The van der Waals surface area contributed by atoms with Crippen LogP contribution >= 0.6 is 0 Å². The lowest BCUT2D eigenvalue weighted by Gasteiger charge is -2.00. The van der Waals surface area contributed by atoms with E-state index in [1.165, 1.54) is 6.92 Å². The number of nitrogens with two attached hydrogens (primary N) is 1. The van der Waals surface area contributed by atoms with Gasteiger partial charge in [-0.25, -0.2) is 0 Å². The molecule has 0 saturated heterocycles. The predicted molar refractivity (Wildman–Crippen MR) is 51.8 cm³/mol. The number of hydrogen-bond acceptors (Lipinski definition) is 3. The van der Waals surface area contributed by atoms with Crippen LogP contribution in [0.2, 0.25) is 0 Å². The van der Waals surface area contributed by atoms with Crippen molar-refractivity contribution in [3.63, 3.8) is 0 Å². The second-order valence-corrected chi connectivity index (χ2v) is 3.07. The summed E-state index contributed by atoms with van der Waals surface area (Å²) in [6.07, 6.45) is 2.41. The van der Waals surface area contributed by atoms with Crippen LogP contribution in [0.1, 0.15) is 29.4 Å². The summed E-state index contributed by atoms with van der Waals surface area (Å²) >= 11 is 0. The number of carbonyl (C=O) groups excluding carboxylic acids is 2. The molecular weight excluding hydrogens is 180 g/mol. The Labute approximate surface area is 82.1 Å². The van der Waals surface area contributed by atoms with E-state index >= 15 is 0 Å². The molecule has 0 bridgehead atoms. The van der Waals surface area contributed by atoms with Gasteiger partial charge >= 0.3 is 0 Å². The summed E-state index contributed by atoms with van der Waals surface area (Å²) in [5.74, 6) is -0.419. The van der Waals surface area contributed by atoms with E-state index in [-0.39, 0.29) is 11.7 Å². The van der Waals surface area contributed by atoms with Gasteiger partial charge in [-0.05, 0) is 24.1 Å². The molecule has 0 unspecified atom stereocenters. The van der Waals surface area contributed by atoms with Gasteiger partial charge in [0.1, 0.15) is 5.69 Å². The summed E-state index contributed by atoms with van der Waals surface area (Å²) in [6, 6.07) is 3.46. The van der Waals surface area contributed by atoms with Crippen molar-refractivity contribution in [2.24, 2.45) is 5.73 Å². The zero-order chi connectivity index (χ0) is 10.6. The van der Waals surface area contributed by atoms with Gasteiger partial charge in [0.05, 0.1) is 0 Å². The van der Waals surface area contributed by atoms with Crippen molar-refractivity contribution >= 4 is 11.7 Å². The normalized spacial score (nSPS) is 9.79. The zero-order valence-electron chi connectivity index (χ0n) is 7.99. The van der Waals surface area contributed by atoms with Crippen LogP contribution in [0.4, 0.5) is 0 Å². The minimum Gasteiger partial charge on any atom is -0.370 e. The number of amides is 1. The smallest absolute Gasteiger partial charge is 0.217 e. The molecule has 0 aliphatic rings. The van der Waals surface area contributed by atoms with Crippen LogP contribution < -0.4 is 5.73 Å². The molecular formula is C10H12N2O2. The Morgan fingerprint density at radius 3 is 2.79 bits per heavy atom. The molecule has 0 atom stereocenters. The minimum atomic E-state index is -0.341. The zero-order valence-corrected chi connectivity index (χ0v) is 7.99. The number of ketones is 1. The summed E-state index contributed by atoms with van der Waals surface area (Å²) in [5.41, 5.74) is 6.35. The number of carbonyl (C=O) groups is 2. The van der Waals surface area contributed by atoms with Crippen molar-refractivity contribution in [2.45, 2.75) is 19.8 Å². The van der Waals surface area contributed by atoms with E-state index in [9.17, 15) is 9.59 Å². The lowest BCUT2D eigenvalue weighted by atomic mass is 10.1. The summed E-state index contributed by atoms with van der Waals surface area (Å²) < 4.78 is 0. The van der Waals surface area contributed by atoms with Crippen LogP contribution in [0.3, 0.4) is 0 Å². The molecule has 74 valence electrons. The van der Waals surface area contributed by atoms with Crippen LogP contribution in [-0.2, 0) is 11.2 Å². The number of aryl methyl sites for hydroxylation is 1. The summed E-state index contributed by atoms with van der Waals surface area (Å²) in [5, 5.41) is 0. The second kappa shape index (κ2) is 4.50. The predicted octanol–water partition coefficient (Wildman–Crippen LogP) is 0.702. The van der Waals surface area contributed by atoms with E-state index in [4.69, 9.17) is 5.73 Å². The highest BCUT2D eigenvalue weighted by atomic mass is 16.1. The molecule has 2 N–H and O–H groups in total. The van der Waals surface area contributed by atoms with Crippen LogP contribution in [0.5, 0.6) is 0 Å². The van der Waals surface area contributed by atoms with Gasteiger partial charge in [-0.1, -0.05) is 0 Å². The van der Waals surface area contributed by atoms with E-state index < -0.39 is 0 Å². The fraction of sp³-hybridized carbons (Fsp3) is 0.300. The third-order valence-corrected chi connectivity index (χ3v) is 1.85. The van der Waals surface area contributed by atoms with Crippen molar-refractivity contribution in [2.75, 3.05) is 0 Å². The fourth-order valence-electron chi connectivity index (χ4n) is 1.09. The summed E-state index contributed by atoms with van der Waals surface area (Å²) in [4.78, 5) is 25.4. The Balaban J connectivity index is 2.73. The number of hydrogen-bond donors (Lipinski definition) is 1. The molecule has 0 aliphatic heterocycles. The maximum atomic E-state index is 11.0. The van der Waals surface area contributed by atoms with Gasteiger partial charge in [0, 0.05) is 19.5 Å². The highest BCUT2D eigenvalue weighted by Crippen LogP contribution is 2.05. The van der Waals surface area contributed by atoms with Crippen molar-refractivity contribution in [1.29, 1.82) is 0 Å². The van der Waals surface area contributed by atoms with E-state index in [1.807, 2.05) is 0 Å². The highest BCUT2D eigenvalue weighted by molar-refractivity contribution is 5.92. The standard InChI is InChI=1S/C10H12N2O2/c1-7(13)9-6-8(4-5-12-9)2-3-10(11)14/h4-6H,2-3H2,1H3,(H2,11,14). The topological polar surface area (TPSA) is 73.1 Å². The Bertz CT molecular complexity index is 361. The molecule has 1 aromatic rings. The van der Waals surface area contributed by atoms with Gasteiger partial charge < -0.3 is 5.73 Å². The van der Waals surface area contributed by atoms with Gasteiger partial charge in [-0.15, -0.1) is 0 Å². The van der Waals surface area contributed by atoms with Gasteiger partial charge in [0.25, 0.3) is 0 Å². The number of rotatable bonds is 4. The van der Waals surface area contributed by atoms with E-state index in [1.54, 1.807) is 18.3 Å². The molecule has 4 nitrogen and oxygen atoms in total. The van der Waals surface area contributed by atoms with Crippen LogP contribution in [0, 0.1) is 0 Å². The SMILES string of the molecule is CC(=O)c1cc(CCC(N)=O)ccn1. The largest absolute Gasteiger partial charge is 0.370 e. The Kier molecular flexibility index (Phi) is 3.34. The summed E-state index contributed by atoms with van der Waals surface area (Å²) in [7, 11) is 0. The van der Waals surface area contributed by atoms with E-state index in [2.05, 4.69) is 4.98 Å². The average Bonchev–Trinajstić information content (AvgIpc) is 2.15. The number of aromatic nitrogens is 1. The number of primary amides is 1. The number of Topliss-reactive ketones (excluding diaryl/α,β-unsaturated/α-hetero) is 1. The van der Waals surface area contributed by atoms with Gasteiger partial charge in [-0.3, -0.25) is 14.6 Å². The molecule has 0 spiro atoms. The molecule has 0 fully saturated rings. The highest BCUT2D eigenvalue weighted by Gasteiger charge is 2.02. The molecule has 1 amide bonds. The number of nitrogens with zero attached hydrogens (tertiary/aromatic N) is 1. The lowest BCUT2D eigenvalue weighted by molar-refractivity contribution is -0.117. The number of pyridine rings is 1. The third-order valence-electron chi connectivity index (χ3n) is 1.85.